The Labute approximate surface area is 106 Å². The van der Waals surface area contributed by atoms with Gasteiger partial charge in [0.25, 0.3) is 0 Å². The van der Waals surface area contributed by atoms with Crippen molar-refractivity contribution in [1.29, 1.82) is 0 Å². The maximum Gasteiger partial charge on any atom is 0.381 e. The van der Waals surface area contributed by atoms with E-state index in [4.69, 9.17) is 8.23 Å². The van der Waals surface area contributed by atoms with Crippen LogP contribution in [0.1, 0.15) is 6.92 Å². The molecule has 104 valence electrons. The van der Waals surface area contributed by atoms with E-state index in [9.17, 15) is 13.2 Å². The highest BCUT2D eigenvalue weighted by molar-refractivity contribution is 6.81. The van der Waals surface area contributed by atoms with E-state index in [1.54, 1.807) is 39.3 Å². The Morgan fingerprint density at radius 2 is 1.24 bits per heavy atom. The van der Waals surface area contributed by atoms with Crippen molar-refractivity contribution in [3.05, 3.63) is 0 Å². The van der Waals surface area contributed by atoms with Gasteiger partial charge in [-0.1, -0.05) is 0 Å². The minimum absolute atomic E-state index is 0.862. The molecule has 2 nitrogen and oxygen atoms in total. The molecule has 0 rings (SSSR count). The molecule has 0 aliphatic heterocycles. The van der Waals surface area contributed by atoms with Crippen LogP contribution in [0.25, 0.3) is 0 Å². The number of halogens is 3. The van der Waals surface area contributed by atoms with Gasteiger partial charge in [0.1, 0.15) is 0 Å². The highest BCUT2D eigenvalue weighted by Crippen LogP contribution is 2.29. The number of rotatable bonds is 6. The Morgan fingerprint density at radius 1 is 0.941 bits per heavy atom. The highest BCUT2D eigenvalue weighted by Gasteiger charge is 2.52. The monoisotopic (exact) mass is 304 g/mol. The predicted octanol–water partition coefficient (Wildman–Crippen LogP) is 3.44. The van der Waals surface area contributed by atoms with Gasteiger partial charge in [-0.3, -0.25) is 0 Å². The Bertz CT molecular complexity index is 233. The predicted molar refractivity (Wildman–Crippen MR) is 71.5 cm³/mol. The van der Waals surface area contributed by atoms with Gasteiger partial charge >= 0.3 is 14.8 Å². The minimum atomic E-state index is -3.47. The third-order valence-corrected chi connectivity index (χ3v) is 10.2. The third kappa shape index (κ3) is 6.75. The van der Waals surface area contributed by atoms with Gasteiger partial charge in [-0.05, 0) is 46.2 Å². The van der Waals surface area contributed by atoms with Crippen LogP contribution in [-0.4, -0.2) is 37.6 Å². The van der Waals surface area contributed by atoms with Crippen molar-refractivity contribution in [3.8, 4) is 0 Å². The summed E-state index contributed by atoms with van der Waals surface area (Å²) in [6, 6.07) is 0. The van der Waals surface area contributed by atoms with Crippen molar-refractivity contribution in [3.63, 3.8) is 0 Å². The first-order valence-corrected chi connectivity index (χ1v) is 14.0. The third-order valence-electron chi connectivity index (χ3n) is 1.77. The molecule has 0 spiro atoms. The van der Waals surface area contributed by atoms with E-state index in [2.05, 4.69) is 0 Å². The zero-order valence-corrected chi connectivity index (χ0v) is 14.8. The van der Waals surface area contributed by atoms with Crippen LogP contribution in [0, 0.1) is 0 Å². The molecule has 0 aromatic heterocycles. The van der Waals surface area contributed by atoms with Gasteiger partial charge in [-0.15, -0.1) is 0 Å². The van der Waals surface area contributed by atoms with Gasteiger partial charge < -0.3 is 8.23 Å². The highest BCUT2D eigenvalue weighted by atomic mass is 28.4. The van der Waals surface area contributed by atoms with Gasteiger partial charge in [-0.2, -0.15) is 0 Å². The summed E-state index contributed by atoms with van der Waals surface area (Å²) in [5.41, 5.74) is -3.47. The van der Waals surface area contributed by atoms with Gasteiger partial charge in [0, 0.05) is 0 Å². The first-order chi connectivity index (χ1) is 7.26. The number of alkyl halides is 3. The Kier molecular flexibility index (Phi) is 5.67. The Balaban J connectivity index is 4.99. The van der Waals surface area contributed by atoms with E-state index in [1.807, 2.05) is 0 Å². The van der Waals surface area contributed by atoms with Crippen LogP contribution in [0.3, 0.4) is 0 Å². The largest absolute Gasteiger partial charge is 0.435 e. The molecular weight excluding hydrogens is 281 g/mol. The fourth-order valence-corrected chi connectivity index (χ4v) is 8.41. The van der Waals surface area contributed by atoms with Crippen LogP contribution in [-0.2, 0) is 8.23 Å². The molecule has 0 N–H and O–H groups in total. The quantitative estimate of drug-likeness (QED) is 0.700. The zero-order valence-electron chi connectivity index (χ0n) is 11.6. The normalized spacial score (nSPS) is 16.4. The lowest BCUT2D eigenvalue weighted by molar-refractivity contribution is -0.0155. The van der Waals surface area contributed by atoms with Crippen LogP contribution >= 0.6 is 0 Å². The van der Waals surface area contributed by atoms with Crippen LogP contribution in [0.4, 0.5) is 13.2 Å². The molecule has 0 saturated heterocycles. The topological polar surface area (TPSA) is 18.5 Å². The summed E-state index contributed by atoms with van der Waals surface area (Å²) in [5, 5.41) is 0. The van der Waals surface area contributed by atoms with E-state index in [0.717, 1.165) is 6.92 Å². The van der Waals surface area contributed by atoms with E-state index in [1.165, 1.54) is 0 Å². The summed E-state index contributed by atoms with van der Waals surface area (Å²) in [5.74, 6) is 0. The molecule has 0 aromatic carbocycles. The van der Waals surface area contributed by atoms with Gasteiger partial charge in [0.2, 0.25) is 0 Å². The van der Waals surface area contributed by atoms with Crippen molar-refractivity contribution in [1.82, 2.24) is 0 Å². The van der Waals surface area contributed by atoms with Crippen LogP contribution in [0.15, 0.2) is 0 Å². The average Bonchev–Trinajstić information content (AvgIpc) is 1.96. The van der Waals surface area contributed by atoms with E-state index >= 15 is 0 Å². The van der Waals surface area contributed by atoms with E-state index < -0.39 is 37.6 Å². The maximum absolute atomic E-state index is 13.8. The molecular formula is C9H23F3O2Si3. The Hall–Kier alpha value is 0.361. The second kappa shape index (κ2) is 5.56. The van der Waals surface area contributed by atoms with Crippen molar-refractivity contribution in [2.75, 3.05) is 0 Å². The van der Waals surface area contributed by atoms with Gasteiger partial charge in [0.05, 0.1) is 0 Å². The fourth-order valence-electron chi connectivity index (χ4n) is 1.01. The molecule has 17 heavy (non-hydrogen) atoms. The lowest BCUT2D eigenvalue weighted by Gasteiger charge is -2.35. The summed E-state index contributed by atoms with van der Waals surface area (Å²) in [6.07, 6.45) is -2.23. The molecule has 0 aromatic rings. The van der Waals surface area contributed by atoms with Crippen molar-refractivity contribution in [2.24, 2.45) is 0 Å². The standard InChI is InChI=1S/C9H23F3O2Si3/c1-8(10)9(11,12)15(13-16(2,3)4)14-17(5,6)7/h8,15H,1-7H3. The molecule has 1 unspecified atom stereocenters. The summed E-state index contributed by atoms with van der Waals surface area (Å²) < 4.78 is 51.4. The van der Waals surface area contributed by atoms with E-state index in [0.29, 0.717) is 0 Å². The van der Waals surface area contributed by atoms with Crippen molar-refractivity contribution in [2.45, 2.75) is 57.9 Å². The summed E-state index contributed by atoms with van der Waals surface area (Å²) in [6.45, 7) is 11.7. The summed E-state index contributed by atoms with van der Waals surface area (Å²) in [4.78, 5) is 0. The van der Waals surface area contributed by atoms with Gasteiger partial charge in [-0.25, -0.2) is 13.2 Å². The summed E-state index contributed by atoms with van der Waals surface area (Å²) >= 11 is 0. The molecule has 0 aliphatic carbocycles. The SMILES string of the molecule is CC(F)C(F)(F)[SiH](O[Si](C)(C)C)O[Si](C)(C)C. The molecule has 0 saturated carbocycles. The minimum Gasteiger partial charge on any atom is -0.435 e. The summed E-state index contributed by atoms with van der Waals surface area (Å²) in [7, 11) is -7.66. The fraction of sp³-hybridized carbons (Fsp3) is 1.00. The van der Waals surface area contributed by atoms with Crippen LogP contribution < -0.4 is 0 Å². The molecule has 0 heterocycles. The zero-order chi connectivity index (χ0) is 14.1. The smallest absolute Gasteiger partial charge is 0.381 e. The molecule has 0 radical (unpaired) electrons. The van der Waals surface area contributed by atoms with E-state index in [-0.39, 0.29) is 0 Å². The number of hydrogen-bond acceptors (Lipinski definition) is 2. The second-order valence-electron chi connectivity index (χ2n) is 6.08. The van der Waals surface area contributed by atoms with Crippen LogP contribution in [0.5, 0.6) is 0 Å². The lowest BCUT2D eigenvalue weighted by Crippen LogP contribution is -2.56. The van der Waals surface area contributed by atoms with Gasteiger partial charge in [0.15, 0.2) is 22.8 Å². The van der Waals surface area contributed by atoms with Crippen molar-refractivity contribution >= 4 is 25.9 Å². The first-order valence-electron chi connectivity index (χ1n) is 5.63. The molecule has 0 amide bonds. The molecule has 0 aliphatic rings. The maximum atomic E-state index is 13.8. The number of hydrogen-bond donors (Lipinski definition) is 0. The molecule has 8 heteroatoms. The average molecular weight is 305 g/mol. The first kappa shape index (κ1) is 17.4. The molecule has 0 bridgehead atoms. The van der Waals surface area contributed by atoms with Crippen molar-refractivity contribution < 1.29 is 21.4 Å². The molecule has 1 atom stereocenters. The van der Waals surface area contributed by atoms with Crippen LogP contribution in [0.2, 0.25) is 39.3 Å². The lowest BCUT2D eigenvalue weighted by atomic mass is 10.5. The second-order valence-corrected chi connectivity index (χ2v) is 17.9. The molecule has 0 fully saturated rings. The Morgan fingerprint density at radius 3 is 1.41 bits per heavy atom.